The maximum Gasteiger partial charge on any atom is -0.00989 e. The van der Waals surface area contributed by atoms with Crippen LogP contribution >= 0.6 is 0 Å². The Morgan fingerprint density at radius 2 is 0.867 bits per heavy atom. The highest BCUT2D eigenvalue weighted by atomic mass is 14.1. The largest absolute Gasteiger partial charge is 0.0654 e. The van der Waals surface area contributed by atoms with Gasteiger partial charge in [0.1, 0.15) is 0 Å². The second-order valence-corrected chi connectivity index (χ2v) is 8.96. The number of hydrogen-bond acceptors (Lipinski definition) is 0. The first kappa shape index (κ1) is 20.9. The molecule has 4 rings (SSSR count). The van der Waals surface area contributed by atoms with Gasteiger partial charge < -0.3 is 0 Å². The highest BCUT2D eigenvalue weighted by Crippen LogP contribution is 2.33. The summed E-state index contributed by atoms with van der Waals surface area (Å²) in [6, 6.07) is 23.5. The molecule has 0 fully saturated rings. The Hall–Kier alpha value is -2.34. The number of fused-ring (bicyclic) bond motifs is 5. The second kappa shape index (κ2) is 10.1. The SMILES string of the molecule is CCCCCCc1ccc2ccc3c4cc(CCCCCC)ccc4ccc3c2c1. The molecule has 0 radical (unpaired) electrons. The van der Waals surface area contributed by atoms with E-state index in [1.54, 1.807) is 0 Å². The summed E-state index contributed by atoms with van der Waals surface area (Å²) >= 11 is 0. The second-order valence-electron chi connectivity index (χ2n) is 8.96. The third-order valence-corrected chi connectivity index (χ3v) is 6.60. The van der Waals surface area contributed by atoms with Gasteiger partial charge in [-0.1, -0.05) is 113 Å². The minimum Gasteiger partial charge on any atom is -0.0654 e. The topological polar surface area (TPSA) is 0 Å². The van der Waals surface area contributed by atoms with Crippen LogP contribution < -0.4 is 0 Å². The molecule has 0 nitrogen and oxygen atoms in total. The summed E-state index contributed by atoms with van der Waals surface area (Å²) in [4.78, 5) is 0. The molecule has 0 aliphatic carbocycles. The van der Waals surface area contributed by atoms with Gasteiger partial charge in [0.05, 0.1) is 0 Å². The number of hydrogen-bond donors (Lipinski definition) is 0. The fourth-order valence-electron chi connectivity index (χ4n) is 4.78. The van der Waals surface area contributed by atoms with Gasteiger partial charge >= 0.3 is 0 Å². The van der Waals surface area contributed by atoms with Gasteiger partial charge in [-0.2, -0.15) is 0 Å². The summed E-state index contributed by atoms with van der Waals surface area (Å²) in [6.07, 6.45) is 13.0. The van der Waals surface area contributed by atoms with Crippen molar-refractivity contribution in [3.63, 3.8) is 0 Å². The summed E-state index contributed by atoms with van der Waals surface area (Å²) in [5.74, 6) is 0. The standard InChI is InChI=1S/C30H36/c1-3-5-7-9-11-23-13-15-25-17-20-28-27(29(25)21-23)19-18-26-16-14-24(22-30(26)28)12-10-8-6-4-2/h13-22H,3-12H2,1-2H3. The van der Waals surface area contributed by atoms with Crippen LogP contribution in [0.2, 0.25) is 0 Å². The summed E-state index contributed by atoms with van der Waals surface area (Å²) in [6.45, 7) is 4.56. The zero-order valence-electron chi connectivity index (χ0n) is 18.8. The molecule has 0 amide bonds. The van der Waals surface area contributed by atoms with Crippen LogP contribution in [-0.2, 0) is 12.8 Å². The Labute approximate surface area is 182 Å². The lowest BCUT2D eigenvalue weighted by Gasteiger charge is -2.11. The van der Waals surface area contributed by atoms with Crippen molar-refractivity contribution in [1.29, 1.82) is 0 Å². The van der Waals surface area contributed by atoms with Gasteiger partial charge in [0, 0.05) is 0 Å². The van der Waals surface area contributed by atoms with Gasteiger partial charge in [-0.25, -0.2) is 0 Å². The predicted octanol–water partition coefficient (Wildman–Crippen LogP) is 9.39. The molecule has 0 N–H and O–H groups in total. The van der Waals surface area contributed by atoms with Gasteiger partial charge in [0.25, 0.3) is 0 Å². The molecule has 0 aromatic heterocycles. The Morgan fingerprint density at radius 3 is 1.30 bits per heavy atom. The number of aryl methyl sites for hydroxylation is 2. The van der Waals surface area contributed by atoms with Crippen LogP contribution in [0, 0.1) is 0 Å². The van der Waals surface area contributed by atoms with Gasteiger partial charge in [-0.15, -0.1) is 0 Å². The number of benzene rings is 4. The third kappa shape index (κ3) is 4.69. The van der Waals surface area contributed by atoms with E-state index < -0.39 is 0 Å². The van der Waals surface area contributed by atoms with E-state index in [0.717, 1.165) is 0 Å². The maximum atomic E-state index is 2.45. The molecule has 0 unspecified atom stereocenters. The molecule has 0 heterocycles. The molecule has 0 spiro atoms. The minimum absolute atomic E-state index is 1.20. The van der Waals surface area contributed by atoms with E-state index in [9.17, 15) is 0 Å². The fraction of sp³-hybridized carbons (Fsp3) is 0.400. The van der Waals surface area contributed by atoms with E-state index in [0.29, 0.717) is 0 Å². The van der Waals surface area contributed by atoms with Gasteiger partial charge in [0.15, 0.2) is 0 Å². The van der Waals surface area contributed by atoms with Crippen LogP contribution in [0.3, 0.4) is 0 Å². The van der Waals surface area contributed by atoms with E-state index in [2.05, 4.69) is 74.5 Å². The fourth-order valence-corrected chi connectivity index (χ4v) is 4.78. The Bertz CT molecular complexity index is 1030. The lowest BCUT2D eigenvalue weighted by molar-refractivity contribution is 0.667. The van der Waals surface area contributed by atoms with Crippen molar-refractivity contribution in [2.45, 2.75) is 78.1 Å². The van der Waals surface area contributed by atoms with Crippen molar-refractivity contribution >= 4 is 32.3 Å². The molecule has 0 aliphatic heterocycles. The Morgan fingerprint density at radius 1 is 0.433 bits per heavy atom. The monoisotopic (exact) mass is 396 g/mol. The van der Waals surface area contributed by atoms with Crippen LogP contribution in [0.15, 0.2) is 60.7 Å². The zero-order valence-corrected chi connectivity index (χ0v) is 18.8. The van der Waals surface area contributed by atoms with Crippen molar-refractivity contribution in [3.05, 3.63) is 71.8 Å². The molecular weight excluding hydrogens is 360 g/mol. The molecule has 0 bridgehead atoms. The van der Waals surface area contributed by atoms with Crippen molar-refractivity contribution < 1.29 is 0 Å². The maximum absolute atomic E-state index is 2.45. The first-order chi connectivity index (χ1) is 14.8. The van der Waals surface area contributed by atoms with Crippen LogP contribution in [0.4, 0.5) is 0 Å². The first-order valence-corrected chi connectivity index (χ1v) is 12.2. The van der Waals surface area contributed by atoms with Crippen LogP contribution in [0.5, 0.6) is 0 Å². The quantitative estimate of drug-likeness (QED) is 0.185. The lowest BCUT2D eigenvalue weighted by atomic mass is 9.93. The molecule has 4 aromatic rings. The summed E-state index contributed by atoms with van der Waals surface area (Å²) < 4.78 is 0. The summed E-state index contributed by atoms with van der Waals surface area (Å²) in [5.41, 5.74) is 2.96. The molecule has 0 saturated heterocycles. The highest BCUT2D eigenvalue weighted by Gasteiger charge is 2.07. The predicted molar refractivity (Wildman–Crippen MR) is 135 cm³/mol. The van der Waals surface area contributed by atoms with E-state index in [-0.39, 0.29) is 0 Å². The molecular formula is C30H36. The van der Waals surface area contributed by atoms with Crippen molar-refractivity contribution in [3.8, 4) is 0 Å². The molecule has 4 aromatic carbocycles. The van der Waals surface area contributed by atoms with Gasteiger partial charge in [0.2, 0.25) is 0 Å². The van der Waals surface area contributed by atoms with Crippen LogP contribution in [-0.4, -0.2) is 0 Å². The molecule has 0 aliphatic rings. The average Bonchev–Trinajstić information content (AvgIpc) is 2.79. The van der Waals surface area contributed by atoms with E-state index >= 15 is 0 Å². The molecule has 0 saturated carbocycles. The zero-order chi connectivity index (χ0) is 20.8. The molecule has 30 heavy (non-hydrogen) atoms. The molecule has 0 heteroatoms. The normalized spacial score (nSPS) is 11.7. The van der Waals surface area contributed by atoms with Gasteiger partial charge in [-0.05, 0) is 69.1 Å². The van der Waals surface area contributed by atoms with Crippen LogP contribution in [0.1, 0.15) is 76.3 Å². The van der Waals surface area contributed by atoms with Crippen molar-refractivity contribution in [1.82, 2.24) is 0 Å². The lowest BCUT2D eigenvalue weighted by Crippen LogP contribution is -1.89. The van der Waals surface area contributed by atoms with E-state index in [1.807, 2.05) is 0 Å². The van der Waals surface area contributed by atoms with E-state index in [1.165, 1.54) is 108 Å². The van der Waals surface area contributed by atoms with E-state index in [4.69, 9.17) is 0 Å². The summed E-state index contributed by atoms with van der Waals surface area (Å²) in [5, 5.41) is 8.34. The van der Waals surface area contributed by atoms with Crippen molar-refractivity contribution in [2.24, 2.45) is 0 Å². The first-order valence-electron chi connectivity index (χ1n) is 12.2. The molecule has 156 valence electrons. The number of rotatable bonds is 10. The van der Waals surface area contributed by atoms with Crippen LogP contribution in [0.25, 0.3) is 32.3 Å². The average molecular weight is 397 g/mol. The Balaban J connectivity index is 1.69. The van der Waals surface area contributed by atoms with Crippen molar-refractivity contribution in [2.75, 3.05) is 0 Å². The number of unbranched alkanes of at least 4 members (excludes halogenated alkanes) is 6. The third-order valence-electron chi connectivity index (χ3n) is 6.60. The van der Waals surface area contributed by atoms with Gasteiger partial charge in [-0.3, -0.25) is 0 Å². The minimum atomic E-state index is 1.20. The highest BCUT2D eigenvalue weighted by molar-refractivity contribution is 6.17. The Kier molecular flexibility index (Phi) is 7.05. The smallest absolute Gasteiger partial charge is 0.00989 e. The summed E-state index contributed by atoms with van der Waals surface area (Å²) in [7, 11) is 0. The molecule has 0 atom stereocenters.